The van der Waals surface area contributed by atoms with Gasteiger partial charge in [0.25, 0.3) is 5.91 Å². The third-order valence-electron chi connectivity index (χ3n) is 5.80. The van der Waals surface area contributed by atoms with Gasteiger partial charge in [-0.3, -0.25) is 4.79 Å². The Morgan fingerprint density at radius 3 is 2.34 bits per heavy atom. The molecule has 2 saturated heterocycles. The number of halogens is 4. The lowest BCUT2D eigenvalue weighted by atomic mass is 10.0. The summed E-state index contributed by atoms with van der Waals surface area (Å²) in [4.78, 5) is 13.6. The molecule has 5 nitrogen and oxygen atoms in total. The fourth-order valence-corrected chi connectivity index (χ4v) is 7.09. The van der Waals surface area contributed by atoms with Crippen molar-refractivity contribution in [2.75, 3.05) is 25.4 Å². The summed E-state index contributed by atoms with van der Waals surface area (Å²) in [6, 6.07) is 9.12. The summed E-state index contributed by atoms with van der Waals surface area (Å²) in [5.74, 6) is -0.163. The van der Waals surface area contributed by atoms with Gasteiger partial charge in [-0.15, -0.1) is 11.8 Å². The maximum atomic E-state index is 13.6. The van der Waals surface area contributed by atoms with Gasteiger partial charge in [0, 0.05) is 31.0 Å². The molecular weight excluding hydrogens is 468 g/mol. The van der Waals surface area contributed by atoms with Gasteiger partial charge in [-0.1, -0.05) is 12.1 Å². The van der Waals surface area contributed by atoms with E-state index in [9.17, 15) is 30.8 Å². The van der Waals surface area contributed by atoms with Crippen molar-refractivity contribution in [3.05, 3.63) is 65.5 Å². The van der Waals surface area contributed by atoms with Gasteiger partial charge >= 0.3 is 6.18 Å². The van der Waals surface area contributed by atoms with Gasteiger partial charge in [0.1, 0.15) is 5.82 Å². The molecule has 0 radical (unpaired) electrons. The van der Waals surface area contributed by atoms with Crippen molar-refractivity contribution in [1.29, 1.82) is 0 Å². The lowest BCUT2D eigenvalue weighted by Gasteiger charge is -2.43. The Bertz CT molecular complexity index is 1130. The predicted molar refractivity (Wildman–Crippen MR) is 112 cm³/mol. The van der Waals surface area contributed by atoms with E-state index in [0.717, 1.165) is 22.5 Å². The summed E-state index contributed by atoms with van der Waals surface area (Å²) in [6.07, 6.45) is -3.98. The van der Waals surface area contributed by atoms with Crippen LogP contribution in [0.5, 0.6) is 0 Å². The molecule has 172 valence electrons. The summed E-state index contributed by atoms with van der Waals surface area (Å²) >= 11 is 1.56. The molecule has 0 aromatic heterocycles. The number of rotatable bonds is 3. The zero-order valence-electron chi connectivity index (χ0n) is 16.8. The molecule has 2 aliphatic heterocycles. The maximum absolute atomic E-state index is 13.6. The van der Waals surface area contributed by atoms with Crippen LogP contribution in [0.3, 0.4) is 0 Å². The number of thioether (sulfide) groups is 1. The van der Waals surface area contributed by atoms with Crippen molar-refractivity contribution in [3.63, 3.8) is 0 Å². The SMILES string of the molecule is O=C(c1cccc(F)c1)N1CCSC12CCN(S(=O)(=O)c1cccc(C(F)(F)F)c1)CC2. The van der Waals surface area contributed by atoms with Crippen LogP contribution in [0.1, 0.15) is 28.8 Å². The molecule has 0 atom stereocenters. The predicted octanol–water partition coefficient (Wildman–Crippen LogP) is 4.21. The average Bonchev–Trinajstić information content (AvgIpc) is 3.15. The van der Waals surface area contributed by atoms with Gasteiger partial charge in [0.05, 0.1) is 15.3 Å². The van der Waals surface area contributed by atoms with Crippen LogP contribution >= 0.6 is 11.8 Å². The largest absolute Gasteiger partial charge is 0.416 e. The van der Waals surface area contributed by atoms with E-state index in [1.54, 1.807) is 16.7 Å². The minimum atomic E-state index is -4.64. The second-order valence-corrected chi connectivity index (χ2v) is 11.1. The molecule has 0 N–H and O–H groups in total. The molecule has 2 aliphatic rings. The molecule has 1 spiro atoms. The van der Waals surface area contributed by atoms with Crippen LogP contribution in [-0.2, 0) is 16.2 Å². The molecule has 0 bridgehead atoms. The smallest absolute Gasteiger partial charge is 0.323 e. The Kier molecular flexibility index (Phi) is 6.01. The summed E-state index contributed by atoms with van der Waals surface area (Å²) in [5.41, 5.74) is -0.795. The van der Waals surface area contributed by atoms with Gasteiger partial charge in [-0.05, 0) is 49.2 Å². The first-order valence-electron chi connectivity index (χ1n) is 9.92. The van der Waals surface area contributed by atoms with Crippen molar-refractivity contribution < 1.29 is 30.8 Å². The van der Waals surface area contributed by atoms with Gasteiger partial charge in [0.2, 0.25) is 10.0 Å². The van der Waals surface area contributed by atoms with E-state index in [1.807, 2.05) is 0 Å². The highest BCUT2D eigenvalue weighted by Crippen LogP contribution is 2.45. The van der Waals surface area contributed by atoms with E-state index in [4.69, 9.17) is 0 Å². The number of carbonyl (C=O) groups excluding carboxylic acids is 1. The van der Waals surface area contributed by atoms with Crippen molar-refractivity contribution in [2.24, 2.45) is 0 Å². The maximum Gasteiger partial charge on any atom is 0.416 e. The number of sulfonamides is 1. The fraction of sp³-hybridized carbons (Fsp3) is 0.381. The van der Waals surface area contributed by atoms with Crippen LogP contribution in [0.4, 0.5) is 17.6 Å². The average molecular weight is 489 g/mol. The second kappa shape index (κ2) is 8.35. The monoisotopic (exact) mass is 488 g/mol. The van der Waals surface area contributed by atoms with Gasteiger partial charge in [0.15, 0.2) is 0 Å². The molecule has 11 heteroatoms. The van der Waals surface area contributed by atoms with Crippen molar-refractivity contribution in [2.45, 2.75) is 28.8 Å². The highest BCUT2D eigenvalue weighted by molar-refractivity contribution is 8.00. The standard InChI is InChI=1S/C21H20F4N2O3S2/c22-17-5-1-3-15(13-17)19(28)27-11-12-31-20(27)7-9-26(10-8-20)32(29,30)18-6-2-4-16(14-18)21(23,24)25/h1-6,13-14H,7-12H2. The molecule has 0 unspecified atom stereocenters. The van der Waals surface area contributed by atoms with E-state index in [-0.39, 0.29) is 24.6 Å². The van der Waals surface area contributed by atoms with Gasteiger partial charge in [-0.25, -0.2) is 12.8 Å². The van der Waals surface area contributed by atoms with Gasteiger partial charge < -0.3 is 4.90 Å². The Morgan fingerprint density at radius 2 is 1.69 bits per heavy atom. The quantitative estimate of drug-likeness (QED) is 0.608. The van der Waals surface area contributed by atoms with E-state index >= 15 is 0 Å². The highest BCUT2D eigenvalue weighted by atomic mass is 32.2. The topological polar surface area (TPSA) is 57.7 Å². The molecule has 2 heterocycles. The zero-order chi connectivity index (χ0) is 23.1. The normalized spacial score (nSPS) is 19.4. The number of piperidine rings is 1. The summed E-state index contributed by atoms with van der Waals surface area (Å²) in [7, 11) is -4.12. The van der Waals surface area contributed by atoms with Crippen LogP contribution < -0.4 is 0 Å². The molecule has 2 aromatic carbocycles. The van der Waals surface area contributed by atoms with Crippen molar-refractivity contribution >= 4 is 27.7 Å². The number of benzene rings is 2. The number of hydrogen-bond donors (Lipinski definition) is 0. The number of hydrogen-bond acceptors (Lipinski definition) is 4. The highest BCUT2D eigenvalue weighted by Gasteiger charge is 2.48. The summed E-state index contributed by atoms with van der Waals surface area (Å²) in [5, 5.41) is 0. The number of amides is 1. The molecule has 4 rings (SSSR count). The lowest BCUT2D eigenvalue weighted by molar-refractivity contribution is -0.137. The third kappa shape index (κ3) is 4.25. The number of carbonyl (C=O) groups is 1. The Morgan fingerprint density at radius 1 is 1.00 bits per heavy atom. The fourth-order valence-electron chi connectivity index (χ4n) is 4.14. The van der Waals surface area contributed by atoms with E-state index in [1.165, 1.54) is 24.3 Å². The second-order valence-electron chi connectivity index (χ2n) is 7.69. The number of nitrogens with zero attached hydrogens (tertiary/aromatic N) is 2. The summed E-state index contributed by atoms with van der Waals surface area (Å²) < 4.78 is 79.7. The van der Waals surface area contributed by atoms with E-state index in [0.29, 0.717) is 31.2 Å². The van der Waals surface area contributed by atoms with Crippen molar-refractivity contribution in [1.82, 2.24) is 9.21 Å². The van der Waals surface area contributed by atoms with Crippen LogP contribution in [0, 0.1) is 5.82 Å². The zero-order valence-corrected chi connectivity index (χ0v) is 18.4. The van der Waals surface area contributed by atoms with Crippen LogP contribution in [-0.4, -0.2) is 53.8 Å². The Balaban J connectivity index is 1.52. The first-order chi connectivity index (χ1) is 15.0. The minimum absolute atomic E-state index is 0.0680. The van der Waals surface area contributed by atoms with Gasteiger partial charge in [-0.2, -0.15) is 17.5 Å². The van der Waals surface area contributed by atoms with Crippen LogP contribution in [0.15, 0.2) is 53.4 Å². The molecule has 2 fully saturated rings. The van der Waals surface area contributed by atoms with Crippen LogP contribution in [0.2, 0.25) is 0 Å². The minimum Gasteiger partial charge on any atom is -0.323 e. The lowest BCUT2D eigenvalue weighted by Crippen LogP contribution is -2.53. The summed E-state index contributed by atoms with van der Waals surface area (Å²) in [6.45, 7) is 0.595. The molecule has 1 amide bonds. The van der Waals surface area contributed by atoms with Crippen LogP contribution in [0.25, 0.3) is 0 Å². The van der Waals surface area contributed by atoms with Crippen molar-refractivity contribution in [3.8, 4) is 0 Å². The first-order valence-corrected chi connectivity index (χ1v) is 12.3. The van der Waals surface area contributed by atoms with E-state index in [2.05, 4.69) is 0 Å². The molecule has 0 saturated carbocycles. The molecule has 2 aromatic rings. The Labute approximate surface area is 187 Å². The molecule has 32 heavy (non-hydrogen) atoms. The molecule has 0 aliphatic carbocycles. The van der Waals surface area contributed by atoms with E-state index < -0.39 is 37.3 Å². The third-order valence-corrected chi connectivity index (χ3v) is 9.24. The number of alkyl halides is 3. The molecular formula is C21H20F4N2O3S2. The first kappa shape index (κ1) is 23.1. The Hall–Kier alpha value is -2.11.